The van der Waals surface area contributed by atoms with Crippen LogP contribution in [0.15, 0.2) is 0 Å². The Morgan fingerprint density at radius 1 is 0.400 bits per heavy atom. The second kappa shape index (κ2) is 1620. The monoisotopic (exact) mass is 383 g/mol. The van der Waals surface area contributed by atoms with Gasteiger partial charge < -0.3 is 49.6 Å². The molecule has 0 unspecified atom stereocenters. The molecule has 0 aromatic carbocycles. The number of hydrogen-bond donors (Lipinski definition) is 0. The number of rotatable bonds is 0. The Labute approximate surface area is 50.0 Å². The zero-order valence-electron chi connectivity index (χ0n) is 1.87. The molecule has 0 saturated heterocycles. The fourth-order valence-corrected chi connectivity index (χ4v) is 0. The summed E-state index contributed by atoms with van der Waals surface area (Å²) in [5.74, 6) is 0. The number of halogens is 4. The van der Waals surface area contributed by atoms with Crippen LogP contribution in [-0.2, 0) is 0 Å². The maximum atomic E-state index is 0. The maximum absolute atomic E-state index is 0. The molecule has 0 aliphatic heterocycles. The minimum atomic E-state index is 0. The van der Waals surface area contributed by atoms with E-state index in [2.05, 4.69) is 0 Å². The minimum Gasteiger partial charge on any atom is -1.00 e. The molecule has 0 fully saturated rings. The van der Waals surface area contributed by atoms with Crippen molar-refractivity contribution >= 4 is 0 Å². The molecule has 0 N–H and O–H groups in total. The van der Waals surface area contributed by atoms with Crippen molar-refractivity contribution in [2.75, 3.05) is 0 Å². The van der Waals surface area contributed by atoms with E-state index >= 15 is 0 Å². The third-order valence-corrected chi connectivity index (χ3v) is 0. The summed E-state index contributed by atoms with van der Waals surface area (Å²) < 4.78 is 0. The molecule has 0 atom stereocenters. The summed E-state index contributed by atoms with van der Waals surface area (Å²) in [5.41, 5.74) is 0. The Morgan fingerprint density at radius 2 is 0.400 bits per heavy atom. The molecule has 40 valence electrons. The van der Waals surface area contributed by atoms with Gasteiger partial charge in [0.05, 0.1) is 0 Å². The van der Waals surface area contributed by atoms with Crippen LogP contribution in [0.1, 0.15) is 0 Å². The smallest absolute Gasteiger partial charge is 0 e. The van der Waals surface area contributed by atoms with Gasteiger partial charge in [-0.25, -0.2) is 0 Å². The quantitative estimate of drug-likeness (QED) is 0.387. The van der Waals surface area contributed by atoms with Crippen molar-refractivity contribution in [1.82, 2.24) is 0 Å². The summed E-state index contributed by atoms with van der Waals surface area (Å²) in [7, 11) is 0. The van der Waals surface area contributed by atoms with Gasteiger partial charge in [-0.1, -0.05) is 0 Å². The fourth-order valence-electron chi connectivity index (χ4n) is 0. The molecule has 0 saturated carbocycles. The summed E-state index contributed by atoms with van der Waals surface area (Å²) in [5, 5.41) is 0. The first-order valence-electron chi connectivity index (χ1n) is 0. The van der Waals surface area contributed by atoms with Crippen LogP contribution in [0.4, 0.5) is 0 Å². The van der Waals surface area contributed by atoms with Gasteiger partial charge in [0.1, 0.15) is 0 Å². The second-order valence-electron chi connectivity index (χ2n) is 0. The molecule has 0 rings (SSSR count). The zero-order chi connectivity index (χ0) is 0. The van der Waals surface area contributed by atoms with Crippen molar-refractivity contribution in [1.29, 1.82) is 0 Å². The van der Waals surface area contributed by atoms with Crippen LogP contribution in [0.3, 0.4) is 0 Å². The van der Waals surface area contributed by atoms with Crippen molar-refractivity contribution < 1.29 is 49.6 Å². The summed E-state index contributed by atoms with van der Waals surface area (Å²) in [6.07, 6.45) is 0. The van der Waals surface area contributed by atoms with Crippen LogP contribution in [0.2, 0.25) is 0 Å². The molecule has 0 spiro atoms. The Hall–Kier alpha value is 0.160. The van der Waals surface area contributed by atoms with Crippen LogP contribution < -0.4 is 49.6 Å². The van der Waals surface area contributed by atoms with Gasteiger partial charge in [-0.05, 0) is 0 Å². The van der Waals surface area contributed by atoms with Gasteiger partial charge in [0.2, 0.25) is 0 Å². The van der Waals surface area contributed by atoms with Crippen molar-refractivity contribution in [2.45, 2.75) is 0 Å². The molecule has 0 amide bonds. The normalized spacial score (nSPS) is 0. The van der Waals surface area contributed by atoms with Gasteiger partial charge >= 0.3 is 0 Å². The van der Waals surface area contributed by atoms with E-state index in [9.17, 15) is 0 Å². The average Bonchev–Trinajstić information content (AvgIpc) is 0. The van der Waals surface area contributed by atoms with Gasteiger partial charge in [0.25, 0.3) is 0 Å². The second-order valence-corrected chi connectivity index (χ2v) is 0. The maximum Gasteiger partial charge on any atom is 0 e. The summed E-state index contributed by atoms with van der Waals surface area (Å²) in [4.78, 5) is 0. The van der Waals surface area contributed by atoms with Crippen molar-refractivity contribution in [3.05, 3.63) is 0 Å². The van der Waals surface area contributed by atoms with Gasteiger partial charge in [-0.2, -0.15) is 0 Å². The standard InChI is InChI=1S/4ClH.Cm/h4*1H;/p-4. The number of hydrogen-bond acceptors (Lipinski definition) is 0. The average molecular weight is 389 g/mol. The van der Waals surface area contributed by atoms with Crippen LogP contribution >= 0.6 is 0 Å². The third-order valence-electron chi connectivity index (χ3n) is 0. The van der Waals surface area contributed by atoms with E-state index in [1.54, 1.807) is 0 Å². The predicted molar refractivity (Wildman–Crippen MR) is 0 cm³/mol. The molecule has 0 aromatic rings. The van der Waals surface area contributed by atoms with E-state index in [1.807, 2.05) is 0 Å². The first-order chi connectivity index (χ1) is 0. The largest absolute Gasteiger partial charge is 1.00 e. The molecular formula is Cl4Cm-4. The third kappa shape index (κ3) is 758. The first-order valence-corrected chi connectivity index (χ1v) is 0. The van der Waals surface area contributed by atoms with E-state index in [0.717, 1.165) is 0 Å². The van der Waals surface area contributed by atoms with Crippen LogP contribution in [0.25, 0.3) is 0 Å². The fraction of sp³-hybridized carbons (Fsp3) is 0. The molecule has 0 nitrogen and oxygen atoms in total. The minimum absolute atomic E-state index is 0. The van der Waals surface area contributed by atoms with Crippen LogP contribution in [-0.4, -0.2) is 0 Å². The Kier molecular flexibility index (Phi) is 1130000. The molecule has 0 aliphatic carbocycles. The topological polar surface area (TPSA) is 0 Å². The van der Waals surface area contributed by atoms with Gasteiger partial charge in [-0.15, -0.1) is 0 Å². The van der Waals surface area contributed by atoms with Gasteiger partial charge in [-0.3, -0.25) is 0 Å². The Balaban J connectivity index is 0. The van der Waals surface area contributed by atoms with Gasteiger partial charge in [0.15, 0.2) is 0 Å². The van der Waals surface area contributed by atoms with E-state index in [-0.39, 0.29) is 49.6 Å². The van der Waals surface area contributed by atoms with E-state index < -0.39 is 0 Å². The molecule has 0 radical (unpaired) electrons. The predicted octanol–water partition coefficient (Wildman–Crippen LogP) is -12.0. The van der Waals surface area contributed by atoms with Crippen LogP contribution in [0.5, 0.6) is 0 Å². The molecule has 0 bridgehead atoms. The van der Waals surface area contributed by atoms with Crippen LogP contribution in [0, 0.1) is 0 Å². The van der Waals surface area contributed by atoms with Crippen molar-refractivity contribution in [2.24, 2.45) is 0 Å². The molecule has 0 heterocycles. The summed E-state index contributed by atoms with van der Waals surface area (Å²) in [6.45, 7) is 0. The molecule has 0 aromatic heterocycles. The molecule has 0 aliphatic rings. The molecule has 5 heavy (non-hydrogen) atoms. The molecule has 5 heteroatoms. The van der Waals surface area contributed by atoms with Crippen molar-refractivity contribution in [3.8, 4) is 0 Å². The summed E-state index contributed by atoms with van der Waals surface area (Å²) >= 11 is 0. The Bertz CT molecular complexity index is 3.61. The van der Waals surface area contributed by atoms with E-state index in [1.165, 1.54) is 0 Å². The Morgan fingerprint density at radius 3 is 0.400 bits per heavy atom. The van der Waals surface area contributed by atoms with Gasteiger partial charge in [0, 0.05) is 0 Å². The first kappa shape index (κ1) is 3490. The zero-order valence-corrected chi connectivity index (χ0v) is 7.83. The van der Waals surface area contributed by atoms with E-state index in [4.69, 9.17) is 0 Å². The molecular weight excluding hydrogens is 389 g/mol. The SMILES string of the molecule is [Cl-].[Cl-].[Cl-].[Cl-].[Cm]. The van der Waals surface area contributed by atoms with E-state index in [0.29, 0.717) is 0 Å². The summed E-state index contributed by atoms with van der Waals surface area (Å²) in [6, 6.07) is 0. The van der Waals surface area contributed by atoms with Crippen molar-refractivity contribution in [3.63, 3.8) is 0 Å².